The van der Waals surface area contributed by atoms with Gasteiger partial charge in [-0.05, 0) is 18.3 Å². The van der Waals surface area contributed by atoms with Crippen LogP contribution in [-0.4, -0.2) is 29.1 Å². The molecule has 0 radical (unpaired) electrons. The molecule has 0 aliphatic heterocycles. The van der Waals surface area contributed by atoms with Crippen molar-refractivity contribution in [3.8, 4) is 0 Å². The van der Waals surface area contributed by atoms with Crippen molar-refractivity contribution in [3.63, 3.8) is 0 Å². The summed E-state index contributed by atoms with van der Waals surface area (Å²) >= 11 is 0. The molecule has 4 N–H and O–H groups in total. The molecule has 0 aromatic heterocycles. The zero-order valence-corrected chi connectivity index (χ0v) is 11.1. The van der Waals surface area contributed by atoms with Crippen LogP contribution in [0.2, 0.25) is 0 Å². The molecule has 17 heavy (non-hydrogen) atoms. The average molecular weight is 244 g/mol. The first-order chi connectivity index (χ1) is 7.73. The highest BCUT2D eigenvalue weighted by atomic mass is 16.4. The van der Waals surface area contributed by atoms with Gasteiger partial charge in [-0.15, -0.1) is 0 Å². The summed E-state index contributed by atoms with van der Waals surface area (Å²) in [5, 5.41) is 11.5. The molecule has 0 fully saturated rings. The number of hydrogen-bond donors (Lipinski definition) is 3. The molecule has 0 saturated carbocycles. The number of carboxylic acids is 1. The van der Waals surface area contributed by atoms with Gasteiger partial charge in [-0.3, -0.25) is 9.59 Å². The molecule has 2 atom stereocenters. The normalized spacial score (nSPS) is 14.8. The van der Waals surface area contributed by atoms with Gasteiger partial charge >= 0.3 is 5.97 Å². The van der Waals surface area contributed by atoms with Crippen LogP contribution in [-0.2, 0) is 9.59 Å². The van der Waals surface area contributed by atoms with Gasteiger partial charge in [0.1, 0.15) is 0 Å². The summed E-state index contributed by atoms with van der Waals surface area (Å²) in [4.78, 5) is 22.4. The fourth-order valence-electron chi connectivity index (χ4n) is 1.55. The van der Waals surface area contributed by atoms with E-state index in [1.54, 1.807) is 0 Å². The molecule has 0 aromatic carbocycles. The molecule has 0 spiro atoms. The Labute approximate surface area is 103 Å². The number of nitrogens with two attached hydrogens (primary N) is 1. The maximum Gasteiger partial charge on any atom is 0.305 e. The van der Waals surface area contributed by atoms with E-state index in [-0.39, 0.29) is 24.3 Å². The number of amides is 1. The Kier molecular flexibility index (Phi) is 6.80. The summed E-state index contributed by atoms with van der Waals surface area (Å²) in [6.45, 7) is 7.73. The number of rotatable bonds is 7. The molecule has 0 saturated heterocycles. The quantitative estimate of drug-likeness (QED) is 0.622. The molecule has 0 aliphatic carbocycles. The summed E-state index contributed by atoms with van der Waals surface area (Å²) in [7, 11) is 0. The molecule has 0 aromatic rings. The highest BCUT2D eigenvalue weighted by molar-refractivity contribution is 5.82. The molecule has 0 aliphatic rings. The zero-order chi connectivity index (χ0) is 13.6. The summed E-state index contributed by atoms with van der Waals surface area (Å²) in [6.07, 6.45) is 0.529. The summed E-state index contributed by atoms with van der Waals surface area (Å²) in [5.41, 5.74) is 5.74. The molecule has 0 heterocycles. The van der Waals surface area contributed by atoms with Crippen LogP contribution in [0.5, 0.6) is 0 Å². The van der Waals surface area contributed by atoms with Crippen molar-refractivity contribution in [2.45, 2.75) is 52.6 Å². The second-order valence-corrected chi connectivity index (χ2v) is 5.19. The Morgan fingerprint density at radius 1 is 1.24 bits per heavy atom. The molecule has 5 heteroatoms. The van der Waals surface area contributed by atoms with E-state index in [0.29, 0.717) is 12.3 Å². The monoisotopic (exact) mass is 244 g/mol. The number of aliphatic carboxylic acids is 1. The second-order valence-electron chi connectivity index (χ2n) is 5.19. The lowest BCUT2D eigenvalue weighted by molar-refractivity contribution is -0.138. The number of carboxylic acid groups (broad SMARTS) is 1. The summed E-state index contributed by atoms with van der Waals surface area (Å²) in [5.74, 6) is -0.769. The topological polar surface area (TPSA) is 92.4 Å². The smallest absolute Gasteiger partial charge is 0.305 e. The number of hydrogen-bond acceptors (Lipinski definition) is 3. The summed E-state index contributed by atoms with van der Waals surface area (Å²) < 4.78 is 0. The van der Waals surface area contributed by atoms with Crippen LogP contribution in [0.1, 0.15) is 40.5 Å². The third kappa shape index (κ3) is 6.94. The van der Waals surface area contributed by atoms with Gasteiger partial charge in [-0.1, -0.05) is 27.7 Å². The fraction of sp³-hybridized carbons (Fsp3) is 0.833. The standard InChI is InChI=1S/C12H24N2O3/c1-7(2)5-9(13)12(17)14-10(8(3)4)6-11(15)16/h7-10H,5-6,13H2,1-4H3,(H,14,17)(H,15,16)/t9-,10?/m1/s1. The predicted octanol–water partition coefficient (Wildman–Crippen LogP) is 0.975. The van der Waals surface area contributed by atoms with E-state index < -0.39 is 12.0 Å². The minimum atomic E-state index is -0.915. The molecule has 100 valence electrons. The number of carbonyl (C=O) groups is 2. The maximum atomic E-state index is 11.7. The van der Waals surface area contributed by atoms with Crippen LogP contribution in [0.15, 0.2) is 0 Å². The van der Waals surface area contributed by atoms with Crippen molar-refractivity contribution in [2.75, 3.05) is 0 Å². The minimum Gasteiger partial charge on any atom is -0.481 e. The first kappa shape index (κ1) is 15.9. The SMILES string of the molecule is CC(C)C[C@@H](N)C(=O)NC(CC(=O)O)C(C)C. The molecule has 1 unspecified atom stereocenters. The highest BCUT2D eigenvalue weighted by Crippen LogP contribution is 2.08. The van der Waals surface area contributed by atoms with E-state index in [0.717, 1.165) is 0 Å². The lowest BCUT2D eigenvalue weighted by Crippen LogP contribution is -2.48. The van der Waals surface area contributed by atoms with Crippen molar-refractivity contribution < 1.29 is 14.7 Å². The van der Waals surface area contributed by atoms with Crippen molar-refractivity contribution in [1.29, 1.82) is 0 Å². The first-order valence-electron chi connectivity index (χ1n) is 6.01. The Morgan fingerprint density at radius 2 is 1.76 bits per heavy atom. The van der Waals surface area contributed by atoms with Gasteiger partial charge in [0.05, 0.1) is 12.5 Å². The van der Waals surface area contributed by atoms with Gasteiger partial charge in [-0.2, -0.15) is 0 Å². The zero-order valence-electron chi connectivity index (χ0n) is 11.1. The minimum absolute atomic E-state index is 0.0706. The largest absolute Gasteiger partial charge is 0.481 e. The Bertz CT molecular complexity index is 264. The fourth-order valence-corrected chi connectivity index (χ4v) is 1.55. The molecule has 1 amide bonds. The molecule has 5 nitrogen and oxygen atoms in total. The lowest BCUT2D eigenvalue weighted by atomic mass is 9.99. The molecular weight excluding hydrogens is 220 g/mol. The van der Waals surface area contributed by atoms with E-state index in [2.05, 4.69) is 5.32 Å². The van der Waals surface area contributed by atoms with Gasteiger partial charge in [0, 0.05) is 6.04 Å². The second kappa shape index (κ2) is 7.27. The van der Waals surface area contributed by atoms with Gasteiger partial charge in [0.25, 0.3) is 0 Å². The van der Waals surface area contributed by atoms with Gasteiger partial charge in [-0.25, -0.2) is 0 Å². The Morgan fingerprint density at radius 3 is 2.12 bits per heavy atom. The molecule has 0 bridgehead atoms. The molecule has 0 rings (SSSR count). The van der Waals surface area contributed by atoms with Crippen molar-refractivity contribution in [1.82, 2.24) is 5.32 Å². The van der Waals surface area contributed by atoms with Crippen LogP contribution >= 0.6 is 0 Å². The van der Waals surface area contributed by atoms with Crippen LogP contribution in [0, 0.1) is 11.8 Å². The Hall–Kier alpha value is -1.10. The van der Waals surface area contributed by atoms with Gasteiger partial charge in [0.2, 0.25) is 5.91 Å². The van der Waals surface area contributed by atoms with Crippen LogP contribution in [0.25, 0.3) is 0 Å². The highest BCUT2D eigenvalue weighted by Gasteiger charge is 2.22. The third-order valence-electron chi connectivity index (χ3n) is 2.59. The predicted molar refractivity (Wildman–Crippen MR) is 66.5 cm³/mol. The van der Waals surface area contributed by atoms with E-state index in [9.17, 15) is 9.59 Å². The van der Waals surface area contributed by atoms with Gasteiger partial charge < -0.3 is 16.2 Å². The van der Waals surface area contributed by atoms with E-state index in [4.69, 9.17) is 10.8 Å². The van der Waals surface area contributed by atoms with Gasteiger partial charge in [0.15, 0.2) is 0 Å². The maximum absolute atomic E-state index is 11.7. The van der Waals surface area contributed by atoms with E-state index in [1.165, 1.54) is 0 Å². The summed E-state index contributed by atoms with van der Waals surface area (Å²) in [6, 6.07) is -0.928. The Balaban J connectivity index is 4.34. The average Bonchev–Trinajstić information content (AvgIpc) is 2.14. The van der Waals surface area contributed by atoms with Crippen molar-refractivity contribution >= 4 is 11.9 Å². The van der Waals surface area contributed by atoms with Crippen molar-refractivity contribution in [2.24, 2.45) is 17.6 Å². The number of carbonyl (C=O) groups excluding carboxylic acids is 1. The third-order valence-corrected chi connectivity index (χ3v) is 2.59. The van der Waals surface area contributed by atoms with E-state index >= 15 is 0 Å². The van der Waals surface area contributed by atoms with Crippen LogP contribution < -0.4 is 11.1 Å². The van der Waals surface area contributed by atoms with E-state index in [1.807, 2.05) is 27.7 Å². The lowest BCUT2D eigenvalue weighted by Gasteiger charge is -2.23. The van der Waals surface area contributed by atoms with Crippen molar-refractivity contribution in [3.05, 3.63) is 0 Å². The first-order valence-corrected chi connectivity index (χ1v) is 6.01. The number of nitrogens with one attached hydrogen (secondary N) is 1. The van der Waals surface area contributed by atoms with Crippen LogP contribution in [0.3, 0.4) is 0 Å². The molecular formula is C12H24N2O3. The van der Waals surface area contributed by atoms with Crippen LogP contribution in [0.4, 0.5) is 0 Å².